The summed E-state index contributed by atoms with van der Waals surface area (Å²) >= 11 is 0. The zero-order valence-corrected chi connectivity index (χ0v) is 10.0. The van der Waals surface area contributed by atoms with Gasteiger partial charge in [-0.3, -0.25) is 4.79 Å². The summed E-state index contributed by atoms with van der Waals surface area (Å²) in [5, 5.41) is 3.10. The second-order valence-electron chi connectivity index (χ2n) is 3.65. The van der Waals surface area contributed by atoms with Crippen molar-refractivity contribution in [1.82, 2.24) is 9.97 Å². The lowest BCUT2D eigenvalue weighted by Gasteiger charge is -2.15. The van der Waals surface area contributed by atoms with Gasteiger partial charge in [0.25, 0.3) is 0 Å². The number of hydrogen-bond donors (Lipinski definition) is 1. The molecule has 0 atom stereocenters. The van der Waals surface area contributed by atoms with Crippen LogP contribution in [0.2, 0.25) is 0 Å². The molecule has 0 bridgehead atoms. The van der Waals surface area contributed by atoms with Gasteiger partial charge in [0.15, 0.2) is 0 Å². The summed E-state index contributed by atoms with van der Waals surface area (Å²) in [6.07, 6.45) is 2.04. The average molecular weight is 222 g/mol. The first-order valence-electron chi connectivity index (χ1n) is 5.40. The molecule has 1 heterocycles. The number of carbonyl (C=O) groups excluding carboxylic acids is 1. The summed E-state index contributed by atoms with van der Waals surface area (Å²) in [4.78, 5) is 21.1. The van der Waals surface area contributed by atoms with E-state index in [1.807, 2.05) is 18.0 Å². The maximum atomic E-state index is 10.8. The lowest BCUT2D eigenvalue weighted by molar-refractivity contribution is -0.116. The van der Waals surface area contributed by atoms with E-state index in [1.54, 1.807) is 6.92 Å². The third kappa shape index (κ3) is 3.84. The quantitative estimate of drug-likeness (QED) is 0.786. The summed E-state index contributed by atoms with van der Waals surface area (Å²) < 4.78 is 0. The summed E-state index contributed by atoms with van der Waals surface area (Å²) in [7, 11) is 1.97. The molecule has 0 aliphatic carbocycles. The third-order valence-electron chi connectivity index (χ3n) is 2.30. The van der Waals surface area contributed by atoms with E-state index >= 15 is 0 Å². The maximum Gasteiger partial charge on any atom is 0.133 e. The summed E-state index contributed by atoms with van der Waals surface area (Å²) in [6.45, 7) is 5.15. The first-order valence-corrected chi connectivity index (χ1v) is 5.40. The maximum absolute atomic E-state index is 10.8. The van der Waals surface area contributed by atoms with E-state index in [4.69, 9.17) is 0 Å². The molecule has 88 valence electrons. The number of anilines is 2. The summed E-state index contributed by atoms with van der Waals surface area (Å²) in [6, 6.07) is 1.88. The van der Waals surface area contributed by atoms with Crippen LogP contribution in [0.4, 0.5) is 11.6 Å². The largest absolute Gasteiger partial charge is 0.369 e. The van der Waals surface area contributed by atoms with Crippen LogP contribution in [0.3, 0.4) is 0 Å². The molecule has 5 heteroatoms. The highest BCUT2D eigenvalue weighted by molar-refractivity contribution is 5.75. The lowest BCUT2D eigenvalue weighted by atomic mass is 10.3. The Morgan fingerprint density at radius 3 is 2.88 bits per heavy atom. The van der Waals surface area contributed by atoms with Crippen molar-refractivity contribution < 1.29 is 4.79 Å². The SMILES string of the molecule is CCN(C)c1cc(NCCC(C)=O)ncn1. The predicted molar refractivity (Wildman–Crippen MR) is 64.8 cm³/mol. The van der Waals surface area contributed by atoms with Gasteiger partial charge in [0.05, 0.1) is 0 Å². The molecule has 0 amide bonds. The van der Waals surface area contributed by atoms with Crippen molar-refractivity contribution in [3.8, 4) is 0 Å². The second kappa shape index (κ2) is 6.05. The van der Waals surface area contributed by atoms with Gasteiger partial charge in [-0.15, -0.1) is 0 Å². The number of ketones is 1. The molecule has 1 aromatic heterocycles. The van der Waals surface area contributed by atoms with Crippen LogP contribution in [0.25, 0.3) is 0 Å². The van der Waals surface area contributed by atoms with E-state index in [-0.39, 0.29) is 5.78 Å². The fourth-order valence-corrected chi connectivity index (χ4v) is 1.18. The fourth-order valence-electron chi connectivity index (χ4n) is 1.18. The highest BCUT2D eigenvalue weighted by Gasteiger charge is 2.02. The van der Waals surface area contributed by atoms with E-state index in [0.29, 0.717) is 13.0 Å². The Balaban J connectivity index is 2.57. The Hall–Kier alpha value is -1.65. The Morgan fingerprint density at radius 1 is 1.50 bits per heavy atom. The molecule has 16 heavy (non-hydrogen) atoms. The van der Waals surface area contributed by atoms with Crippen LogP contribution < -0.4 is 10.2 Å². The van der Waals surface area contributed by atoms with Crippen LogP contribution in [-0.2, 0) is 4.79 Å². The highest BCUT2D eigenvalue weighted by atomic mass is 16.1. The van der Waals surface area contributed by atoms with Crippen LogP contribution in [0.15, 0.2) is 12.4 Å². The predicted octanol–water partition coefficient (Wildman–Crippen LogP) is 1.32. The Labute approximate surface area is 95.9 Å². The van der Waals surface area contributed by atoms with Crippen LogP contribution in [0.1, 0.15) is 20.3 Å². The molecular formula is C11H18N4O. The summed E-state index contributed by atoms with van der Waals surface area (Å²) in [5.41, 5.74) is 0. The molecule has 0 spiro atoms. The van der Waals surface area contributed by atoms with Gasteiger partial charge in [-0.1, -0.05) is 0 Å². The number of nitrogens with zero attached hydrogens (tertiary/aromatic N) is 3. The number of hydrogen-bond acceptors (Lipinski definition) is 5. The Morgan fingerprint density at radius 2 is 2.25 bits per heavy atom. The van der Waals surface area contributed by atoms with Crippen LogP contribution in [-0.4, -0.2) is 35.9 Å². The number of carbonyl (C=O) groups is 1. The molecule has 0 radical (unpaired) electrons. The van der Waals surface area contributed by atoms with Gasteiger partial charge < -0.3 is 10.2 Å². The Kier molecular flexibility index (Phi) is 4.69. The van der Waals surface area contributed by atoms with Crippen molar-refractivity contribution in [2.45, 2.75) is 20.3 Å². The molecule has 0 aliphatic heterocycles. The van der Waals surface area contributed by atoms with Gasteiger partial charge in [0, 0.05) is 32.6 Å². The van der Waals surface area contributed by atoms with Crippen molar-refractivity contribution in [2.24, 2.45) is 0 Å². The molecule has 1 rings (SSSR count). The third-order valence-corrected chi connectivity index (χ3v) is 2.30. The van der Waals surface area contributed by atoms with Gasteiger partial charge in [-0.05, 0) is 13.8 Å². The molecule has 0 aliphatic rings. The summed E-state index contributed by atoms with van der Waals surface area (Å²) in [5.74, 6) is 1.81. The van der Waals surface area contributed by atoms with Crippen molar-refractivity contribution in [3.63, 3.8) is 0 Å². The molecule has 0 saturated carbocycles. The number of nitrogens with one attached hydrogen (secondary N) is 1. The van der Waals surface area contributed by atoms with Crippen molar-refractivity contribution in [3.05, 3.63) is 12.4 Å². The Bertz CT molecular complexity index is 354. The van der Waals surface area contributed by atoms with E-state index in [2.05, 4.69) is 22.2 Å². The smallest absolute Gasteiger partial charge is 0.133 e. The zero-order valence-electron chi connectivity index (χ0n) is 10.0. The van der Waals surface area contributed by atoms with Gasteiger partial charge in [-0.25, -0.2) is 9.97 Å². The number of Topliss-reactive ketones (excluding diaryl/α,β-unsaturated/α-hetero) is 1. The minimum Gasteiger partial charge on any atom is -0.369 e. The van der Waals surface area contributed by atoms with Crippen LogP contribution >= 0.6 is 0 Å². The van der Waals surface area contributed by atoms with E-state index in [0.717, 1.165) is 18.2 Å². The fraction of sp³-hybridized carbons (Fsp3) is 0.545. The van der Waals surface area contributed by atoms with E-state index < -0.39 is 0 Å². The minimum atomic E-state index is 0.174. The molecular weight excluding hydrogens is 204 g/mol. The van der Waals surface area contributed by atoms with Gasteiger partial charge in [0.1, 0.15) is 23.7 Å². The number of aromatic nitrogens is 2. The van der Waals surface area contributed by atoms with Crippen molar-refractivity contribution in [1.29, 1.82) is 0 Å². The highest BCUT2D eigenvalue weighted by Crippen LogP contribution is 2.11. The number of rotatable bonds is 6. The molecule has 0 unspecified atom stereocenters. The molecule has 1 aromatic rings. The average Bonchev–Trinajstić information content (AvgIpc) is 2.28. The molecule has 0 aromatic carbocycles. The van der Waals surface area contributed by atoms with E-state index in [1.165, 1.54) is 6.33 Å². The second-order valence-corrected chi connectivity index (χ2v) is 3.65. The minimum absolute atomic E-state index is 0.174. The topological polar surface area (TPSA) is 58.1 Å². The molecule has 5 nitrogen and oxygen atoms in total. The van der Waals surface area contributed by atoms with Crippen molar-refractivity contribution >= 4 is 17.4 Å². The van der Waals surface area contributed by atoms with Crippen molar-refractivity contribution in [2.75, 3.05) is 30.4 Å². The standard InChI is InChI=1S/C11H18N4O/c1-4-15(3)11-7-10(13-8-14-11)12-6-5-9(2)16/h7-8H,4-6H2,1-3H3,(H,12,13,14). The van der Waals surface area contributed by atoms with E-state index in [9.17, 15) is 4.79 Å². The first-order chi connectivity index (χ1) is 7.63. The normalized spacial score (nSPS) is 9.94. The van der Waals surface area contributed by atoms with Crippen LogP contribution in [0.5, 0.6) is 0 Å². The first kappa shape index (κ1) is 12.4. The van der Waals surface area contributed by atoms with Gasteiger partial charge in [-0.2, -0.15) is 0 Å². The molecule has 0 fully saturated rings. The zero-order chi connectivity index (χ0) is 12.0. The lowest BCUT2D eigenvalue weighted by Crippen LogP contribution is -2.17. The van der Waals surface area contributed by atoms with Gasteiger partial charge in [0.2, 0.25) is 0 Å². The van der Waals surface area contributed by atoms with Crippen LogP contribution in [0, 0.1) is 0 Å². The van der Waals surface area contributed by atoms with Gasteiger partial charge >= 0.3 is 0 Å². The monoisotopic (exact) mass is 222 g/mol. The molecule has 1 N–H and O–H groups in total. The molecule has 0 saturated heterocycles.